The highest BCUT2D eigenvalue weighted by atomic mass is 16.5. The predicted molar refractivity (Wildman–Crippen MR) is 72.8 cm³/mol. The summed E-state index contributed by atoms with van der Waals surface area (Å²) in [6, 6.07) is 8.03. The van der Waals surface area contributed by atoms with E-state index < -0.39 is 0 Å². The van der Waals surface area contributed by atoms with Gasteiger partial charge in [0.1, 0.15) is 5.75 Å². The van der Waals surface area contributed by atoms with Gasteiger partial charge in [-0.2, -0.15) is 5.10 Å². The second-order valence-electron chi connectivity index (χ2n) is 4.14. The summed E-state index contributed by atoms with van der Waals surface area (Å²) in [5.74, 6) is 1.62. The molecule has 0 amide bonds. The summed E-state index contributed by atoms with van der Waals surface area (Å²) < 4.78 is 6.88. The number of hydrogen-bond acceptors (Lipinski definition) is 4. The lowest BCUT2D eigenvalue weighted by Gasteiger charge is -2.06. The van der Waals surface area contributed by atoms with Crippen molar-refractivity contribution in [2.45, 2.75) is 6.42 Å². The van der Waals surface area contributed by atoms with Crippen LogP contribution in [-0.2, 0) is 13.5 Å². The fourth-order valence-electron chi connectivity index (χ4n) is 1.80. The van der Waals surface area contributed by atoms with Crippen molar-refractivity contribution in [2.75, 3.05) is 24.7 Å². The van der Waals surface area contributed by atoms with Crippen molar-refractivity contribution < 1.29 is 4.74 Å². The summed E-state index contributed by atoms with van der Waals surface area (Å²) in [5, 5.41) is 7.45. The SMILES string of the molecule is COc1cccc(CCNc2nn(C)cc2N)c1. The second kappa shape index (κ2) is 5.44. The van der Waals surface area contributed by atoms with E-state index in [1.54, 1.807) is 18.0 Å². The Labute approximate surface area is 107 Å². The van der Waals surface area contributed by atoms with Crippen molar-refractivity contribution in [1.29, 1.82) is 0 Å². The van der Waals surface area contributed by atoms with Gasteiger partial charge >= 0.3 is 0 Å². The summed E-state index contributed by atoms with van der Waals surface area (Å²) in [4.78, 5) is 0. The molecule has 1 aromatic carbocycles. The van der Waals surface area contributed by atoms with Crippen LogP contribution in [0.1, 0.15) is 5.56 Å². The van der Waals surface area contributed by atoms with Gasteiger partial charge in [0.15, 0.2) is 5.82 Å². The number of nitrogen functional groups attached to an aromatic ring is 1. The van der Waals surface area contributed by atoms with Crippen LogP contribution in [0.25, 0.3) is 0 Å². The molecule has 0 saturated carbocycles. The van der Waals surface area contributed by atoms with Crippen LogP contribution in [0.15, 0.2) is 30.5 Å². The maximum absolute atomic E-state index is 5.80. The molecule has 0 spiro atoms. The number of hydrogen-bond donors (Lipinski definition) is 2. The van der Waals surface area contributed by atoms with Gasteiger partial charge in [-0.3, -0.25) is 4.68 Å². The van der Waals surface area contributed by atoms with Crippen LogP contribution in [-0.4, -0.2) is 23.4 Å². The van der Waals surface area contributed by atoms with E-state index in [1.807, 2.05) is 25.2 Å². The second-order valence-corrected chi connectivity index (χ2v) is 4.14. The molecule has 18 heavy (non-hydrogen) atoms. The Bertz CT molecular complexity index is 521. The number of nitrogens with zero attached hydrogens (tertiary/aromatic N) is 2. The van der Waals surface area contributed by atoms with Crippen LogP contribution in [0, 0.1) is 0 Å². The summed E-state index contributed by atoms with van der Waals surface area (Å²) in [5.41, 5.74) is 7.69. The first-order chi connectivity index (χ1) is 8.69. The van der Waals surface area contributed by atoms with Crippen molar-refractivity contribution in [3.8, 4) is 5.75 Å². The van der Waals surface area contributed by atoms with Gasteiger partial charge in [0.25, 0.3) is 0 Å². The number of anilines is 2. The number of ether oxygens (including phenoxy) is 1. The van der Waals surface area contributed by atoms with E-state index in [4.69, 9.17) is 10.5 Å². The van der Waals surface area contributed by atoms with E-state index in [9.17, 15) is 0 Å². The Kier molecular flexibility index (Phi) is 3.72. The number of benzene rings is 1. The zero-order valence-electron chi connectivity index (χ0n) is 10.7. The quantitative estimate of drug-likeness (QED) is 0.842. The van der Waals surface area contributed by atoms with Crippen LogP contribution < -0.4 is 15.8 Å². The maximum atomic E-state index is 5.80. The molecule has 0 unspecified atom stereocenters. The largest absolute Gasteiger partial charge is 0.497 e. The molecule has 0 aliphatic heterocycles. The molecule has 1 heterocycles. The number of rotatable bonds is 5. The lowest BCUT2D eigenvalue weighted by atomic mass is 10.1. The van der Waals surface area contributed by atoms with Crippen molar-refractivity contribution in [2.24, 2.45) is 7.05 Å². The molecule has 0 bridgehead atoms. The highest BCUT2D eigenvalue weighted by Gasteiger charge is 2.03. The lowest BCUT2D eigenvalue weighted by Crippen LogP contribution is -2.07. The Balaban J connectivity index is 1.90. The Morgan fingerprint density at radius 3 is 2.94 bits per heavy atom. The van der Waals surface area contributed by atoms with Crippen molar-refractivity contribution in [3.05, 3.63) is 36.0 Å². The molecule has 96 valence electrons. The molecule has 0 radical (unpaired) electrons. The Morgan fingerprint density at radius 2 is 2.28 bits per heavy atom. The molecule has 0 fully saturated rings. The minimum atomic E-state index is 0.670. The van der Waals surface area contributed by atoms with E-state index in [0.29, 0.717) is 5.69 Å². The zero-order valence-corrected chi connectivity index (χ0v) is 10.7. The fourth-order valence-corrected chi connectivity index (χ4v) is 1.80. The average Bonchev–Trinajstić information content (AvgIpc) is 2.68. The molecule has 0 aliphatic rings. The van der Waals surface area contributed by atoms with Gasteiger partial charge in [-0.1, -0.05) is 12.1 Å². The van der Waals surface area contributed by atoms with E-state index >= 15 is 0 Å². The Morgan fingerprint density at radius 1 is 1.44 bits per heavy atom. The topological polar surface area (TPSA) is 65.1 Å². The van der Waals surface area contributed by atoms with Crippen LogP contribution >= 0.6 is 0 Å². The van der Waals surface area contributed by atoms with Crippen molar-refractivity contribution >= 4 is 11.5 Å². The van der Waals surface area contributed by atoms with E-state index in [-0.39, 0.29) is 0 Å². The summed E-state index contributed by atoms with van der Waals surface area (Å²) in [6.07, 6.45) is 2.68. The molecule has 0 saturated heterocycles. The van der Waals surface area contributed by atoms with Crippen LogP contribution in [0.5, 0.6) is 5.75 Å². The van der Waals surface area contributed by atoms with Gasteiger partial charge < -0.3 is 15.8 Å². The van der Waals surface area contributed by atoms with Crippen molar-refractivity contribution in [1.82, 2.24) is 9.78 Å². The summed E-state index contributed by atoms with van der Waals surface area (Å²) >= 11 is 0. The third-order valence-electron chi connectivity index (χ3n) is 2.70. The van der Waals surface area contributed by atoms with Gasteiger partial charge in [0.05, 0.1) is 12.8 Å². The smallest absolute Gasteiger partial charge is 0.171 e. The highest BCUT2D eigenvalue weighted by molar-refractivity contribution is 5.59. The standard InChI is InChI=1S/C13H18N4O/c1-17-9-12(14)13(16-17)15-7-6-10-4-3-5-11(8-10)18-2/h3-5,8-9H,6-7,14H2,1-2H3,(H,15,16). The van der Waals surface area contributed by atoms with Gasteiger partial charge in [0, 0.05) is 19.8 Å². The molecule has 3 N–H and O–H groups in total. The average molecular weight is 246 g/mol. The van der Waals surface area contributed by atoms with E-state index in [2.05, 4.69) is 16.5 Å². The zero-order chi connectivity index (χ0) is 13.0. The fraction of sp³-hybridized carbons (Fsp3) is 0.308. The molecular formula is C13H18N4O. The molecule has 5 nitrogen and oxygen atoms in total. The molecule has 1 aromatic heterocycles. The summed E-state index contributed by atoms with van der Waals surface area (Å²) in [7, 11) is 3.52. The molecule has 5 heteroatoms. The monoisotopic (exact) mass is 246 g/mol. The minimum absolute atomic E-state index is 0.670. The van der Waals surface area contributed by atoms with Gasteiger partial charge in [-0.25, -0.2) is 0 Å². The highest BCUT2D eigenvalue weighted by Crippen LogP contribution is 2.15. The Hall–Kier alpha value is -2.17. The first-order valence-corrected chi connectivity index (χ1v) is 5.85. The number of methoxy groups -OCH3 is 1. The van der Waals surface area contributed by atoms with Gasteiger partial charge in [-0.15, -0.1) is 0 Å². The molecule has 0 atom stereocenters. The van der Waals surface area contributed by atoms with E-state index in [1.165, 1.54) is 5.56 Å². The first-order valence-electron chi connectivity index (χ1n) is 5.85. The molecule has 2 aromatic rings. The maximum Gasteiger partial charge on any atom is 0.171 e. The summed E-state index contributed by atoms with van der Waals surface area (Å²) in [6.45, 7) is 0.786. The van der Waals surface area contributed by atoms with Crippen molar-refractivity contribution in [3.63, 3.8) is 0 Å². The number of aromatic nitrogens is 2. The molecule has 0 aliphatic carbocycles. The lowest BCUT2D eigenvalue weighted by molar-refractivity contribution is 0.414. The van der Waals surface area contributed by atoms with Crippen LogP contribution in [0.3, 0.4) is 0 Å². The normalized spacial score (nSPS) is 10.3. The van der Waals surface area contributed by atoms with Gasteiger partial charge in [0.2, 0.25) is 0 Å². The molecule has 2 rings (SSSR count). The van der Waals surface area contributed by atoms with E-state index in [0.717, 1.165) is 24.5 Å². The number of aryl methyl sites for hydroxylation is 1. The number of nitrogens with one attached hydrogen (secondary N) is 1. The third-order valence-corrected chi connectivity index (χ3v) is 2.70. The predicted octanol–water partition coefficient (Wildman–Crippen LogP) is 1.67. The van der Waals surface area contributed by atoms with Gasteiger partial charge in [-0.05, 0) is 24.1 Å². The first kappa shape index (κ1) is 12.3. The van der Waals surface area contributed by atoms with Crippen LogP contribution in [0.2, 0.25) is 0 Å². The minimum Gasteiger partial charge on any atom is -0.497 e. The molecular weight excluding hydrogens is 228 g/mol. The third kappa shape index (κ3) is 2.94. The van der Waals surface area contributed by atoms with Crippen LogP contribution in [0.4, 0.5) is 11.5 Å². The number of nitrogens with two attached hydrogens (primary N) is 1.